The van der Waals surface area contributed by atoms with E-state index < -0.39 is 22.0 Å². The zero-order valence-corrected chi connectivity index (χ0v) is 17.8. The minimum Gasteiger partial charge on any atom is -0.272 e. The van der Waals surface area contributed by atoms with Gasteiger partial charge in [-0.25, -0.2) is 17.8 Å². The van der Waals surface area contributed by atoms with Gasteiger partial charge in [-0.1, -0.05) is 55.0 Å². The van der Waals surface area contributed by atoms with Crippen molar-refractivity contribution in [3.05, 3.63) is 83.2 Å². The number of carbonyl (C=O) groups is 1. The molecular formula is C22H25N3O3S. The molecule has 0 aliphatic heterocycles. The predicted octanol–water partition coefficient (Wildman–Crippen LogP) is 3.80. The lowest BCUT2D eigenvalue weighted by atomic mass is 9.94. The molecule has 1 heterocycles. The van der Waals surface area contributed by atoms with Crippen molar-refractivity contribution >= 4 is 15.9 Å². The SMILES string of the molecule is Cc1ccc(S(=O)(=O)N[C@H](c2ccccc2)[C@@H](C)C(=O)n2nc(C)cc2C)cc1. The molecule has 29 heavy (non-hydrogen) atoms. The Hall–Kier alpha value is -2.77. The topological polar surface area (TPSA) is 81.1 Å². The molecule has 0 aliphatic carbocycles. The minimum absolute atomic E-state index is 0.162. The van der Waals surface area contributed by atoms with E-state index in [9.17, 15) is 13.2 Å². The van der Waals surface area contributed by atoms with E-state index in [1.807, 2.05) is 50.2 Å². The van der Waals surface area contributed by atoms with Gasteiger partial charge < -0.3 is 0 Å². The molecule has 3 rings (SSSR count). The summed E-state index contributed by atoms with van der Waals surface area (Å²) in [5.41, 5.74) is 3.13. The highest BCUT2D eigenvalue weighted by atomic mass is 32.2. The van der Waals surface area contributed by atoms with Gasteiger partial charge in [0.2, 0.25) is 10.0 Å². The van der Waals surface area contributed by atoms with E-state index in [-0.39, 0.29) is 10.8 Å². The normalized spacial score (nSPS) is 13.8. The van der Waals surface area contributed by atoms with Crippen molar-refractivity contribution in [3.63, 3.8) is 0 Å². The largest absolute Gasteiger partial charge is 0.272 e. The van der Waals surface area contributed by atoms with Gasteiger partial charge in [0.25, 0.3) is 5.91 Å². The van der Waals surface area contributed by atoms with Gasteiger partial charge in [-0.3, -0.25) is 4.79 Å². The van der Waals surface area contributed by atoms with E-state index in [4.69, 9.17) is 0 Å². The number of carbonyl (C=O) groups excluding carboxylic acids is 1. The van der Waals surface area contributed by atoms with Crippen molar-refractivity contribution in [3.8, 4) is 0 Å². The van der Waals surface area contributed by atoms with Crippen molar-refractivity contribution in [1.82, 2.24) is 14.5 Å². The van der Waals surface area contributed by atoms with Crippen molar-refractivity contribution in [2.75, 3.05) is 0 Å². The Morgan fingerprint density at radius 2 is 1.62 bits per heavy atom. The standard InChI is InChI=1S/C22H25N3O3S/c1-15-10-12-20(13-11-15)29(27,28)24-21(19-8-6-5-7-9-19)18(4)22(26)25-17(3)14-16(2)23-25/h5-14,18,21,24H,1-4H3/t18-,21+/m1/s1. The van der Waals surface area contributed by atoms with Gasteiger partial charge in [0.1, 0.15) is 0 Å². The molecule has 2 aromatic carbocycles. The van der Waals surface area contributed by atoms with Crippen LogP contribution in [0.5, 0.6) is 0 Å². The highest BCUT2D eigenvalue weighted by molar-refractivity contribution is 7.89. The summed E-state index contributed by atoms with van der Waals surface area (Å²) < 4.78 is 30.1. The second kappa shape index (κ2) is 8.31. The lowest BCUT2D eigenvalue weighted by molar-refractivity contribution is 0.0802. The number of hydrogen-bond donors (Lipinski definition) is 1. The van der Waals surface area contributed by atoms with Crippen LogP contribution in [0.15, 0.2) is 65.6 Å². The molecule has 1 aromatic heterocycles. The molecule has 1 N–H and O–H groups in total. The lowest BCUT2D eigenvalue weighted by Gasteiger charge is -2.25. The molecule has 7 heteroatoms. The molecular weight excluding hydrogens is 386 g/mol. The second-order valence-corrected chi connectivity index (χ2v) is 9.00. The van der Waals surface area contributed by atoms with Crippen LogP contribution in [0.1, 0.15) is 40.3 Å². The summed E-state index contributed by atoms with van der Waals surface area (Å²) in [6.07, 6.45) is 0. The molecule has 2 atom stereocenters. The summed E-state index contributed by atoms with van der Waals surface area (Å²) in [5.74, 6) is -0.938. The molecule has 0 saturated heterocycles. The lowest BCUT2D eigenvalue weighted by Crippen LogP contribution is -2.37. The third kappa shape index (κ3) is 4.63. The van der Waals surface area contributed by atoms with Crippen molar-refractivity contribution in [2.24, 2.45) is 5.92 Å². The molecule has 152 valence electrons. The maximum Gasteiger partial charge on any atom is 0.251 e. The highest BCUT2D eigenvalue weighted by Crippen LogP contribution is 2.26. The zero-order chi connectivity index (χ0) is 21.2. The summed E-state index contributed by atoms with van der Waals surface area (Å²) in [6, 6.07) is 16.8. The Morgan fingerprint density at radius 3 is 2.17 bits per heavy atom. The van der Waals surface area contributed by atoms with Crippen LogP contribution < -0.4 is 4.72 Å². The second-order valence-electron chi connectivity index (χ2n) is 7.29. The van der Waals surface area contributed by atoms with E-state index in [1.165, 1.54) is 4.68 Å². The fourth-order valence-corrected chi connectivity index (χ4v) is 4.56. The maximum absolute atomic E-state index is 13.1. The van der Waals surface area contributed by atoms with Gasteiger partial charge in [0, 0.05) is 5.69 Å². The fourth-order valence-electron chi connectivity index (χ4n) is 3.26. The van der Waals surface area contributed by atoms with Crippen molar-refractivity contribution < 1.29 is 13.2 Å². The van der Waals surface area contributed by atoms with Gasteiger partial charge in [0.15, 0.2) is 0 Å². The maximum atomic E-state index is 13.1. The smallest absolute Gasteiger partial charge is 0.251 e. The number of aryl methyl sites for hydroxylation is 3. The van der Waals surface area contributed by atoms with Crippen LogP contribution in [-0.4, -0.2) is 24.1 Å². The van der Waals surface area contributed by atoms with E-state index in [0.29, 0.717) is 11.3 Å². The first-order valence-corrected chi connectivity index (χ1v) is 10.9. The first-order chi connectivity index (χ1) is 13.7. The Bertz CT molecular complexity index is 1100. The monoisotopic (exact) mass is 411 g/mol. The van der Waals surface area contributed by atoms with Gasteiger partial charge in [-0.15, -0.1) is 0 Å². The van der Waals surface area contributed by atoms with Crippen LogP contribution in [0.2, 0.25) is 0 Å². The first kappa shape index (κ1) is 21.0. The summed E-state index contributed by atoms with van der Waals surface area (Å²) in [6.45, 7) is 7.23. The highest BCUT2D eigenvalue weighted by Gasteiger charge is 2.32. The van der Waals surface area contributed by atoms with Crippen molar-refractivity contribution in [2.45, 2.75) is 38.6 Å². The Morgan fingerprint density at radius 1 is 1.00 bits per heavy atom. The van der Waals surface area contributed by atoms with E-state index >= 15 is 0 Å². The van der Waals surface area contributed by atoms with E-state index in [1.54, 1.807) is 38.1 Å². The van der Waals surface area contributed by atoms with Gasteiger partial charge in [0.05, 0.1) is 22.5 Å². The summed E-state index contributed by atoms with van der Waals surface area (Å²) >= 11 is 0. The number of rotatable bonds is 6. The molecule has 0 saturated carbocycles. The van der Waals surface area contributed by atoms with Gasteiger partial charge in [-0.05, 0) is 44.5 Å². The number of aromatic nitrogens is 2. The summed E-state index contributed by atoms with van der Waals surface area (Å²) in [5, 5.41) is 4.26. The van der Waals surface area contributed by atoms with Crippen LogP contribution in [-0.2, 0) is 10.0 Å². The first-order valence-electron chi connectivity index (χ1n) is 9.40. The fraction of sp³-hybridized carbons (Fsp3) is 0.273. The zero-order valence-electron chi connectivity index (χ0n) is 17.0. The van der Waals surface area contributed by atoms with E-state index in [2.05, 4.69) is 9.82 Å². The third-order valence-corrected chi connectivity index (χ3v) is 6.34. The molecule has 3 aromatic rings. The number of benzene rings is 2. The molecule has 0 amide bonds. The summed E-state index contributed by atoms with van der Waals surface area (Å²) in [7, 11) is -3.82. The molecule has 6 nitrogen and oxygen atoms in total. The average molecular weight is 412 g/mol. The van der Waals surface area contributed by atoms with Gasteiger partial charge in [-0.2, -0.15) is 5.10 Å². The quantitative estimate of drug-likeness (QED) is 0.669. The van der Waals surface area contributed by atoms with Crippen LogP contribution in [0.4, 0.5) is 0 Å². The Labute approximate surface area is 171 Å². The molecule has 0 fully saturated rings. The predicted molar refractivity (Wildman–Crippen MR) is 112 cm³/mol. The molecule has 0 spiro atoms. The minimum atomic E-state index is -3.82. The van der Waals surface area contributed by atoms with Gasteiger partial charge >= 0.3 is 0 Å². The number of nitrogens with zero attached hydrogens (tertiary/aromatic N) is 2. The summed E-state index contributed by atoms with van der Waals surface area (Å²) in [4.78, 5) is 13.3. The Kier molecular flexibility index (Phi) is 6.00. The molecule has 0 unspecified atom stereocenters. The molecule has 0 radical (unpaired) electrons. The third-order valence-electron chi connectivity index (χ3n) is 4.88. The number of sulfonamides is 1. The average Bonchev–Trinajstić information content (AvgIpc) is 3.04. The van der Waals surface area contributed by atoms with Crippen LogP contribution in [0.3, 0.4) is 0 Å². The molecule has 0 aliphatic rings. The van der Waals surface area contributed by atoms with Crippen LogP contribution >= 0.6 is 0 Å². The van der Waals surface area contributed by atoms with Crippen LogP contribution in [0, 0.1) is 26.7 Å². The van der Waals surface area contributed by atoms with Crippen molar-refractivity contribution in [1.29, 1.82) is 0 Å². The number of nitrogens with one attached hydrogen (secondary N) is 1. The Balaban J connectivity index is 1.98. The van der Waals surface area contributed by atoms with Crippen LogP contribution in [0.25, 0.3) is 0 Å². The molecule has 0 bridgehead atoms. The number of hydrogen-bond acceptors (Lipinski definition) is 4. The van der Waals surface area contributed by atoms with E-state index in [0.717, 1.165) is 11.3 Å².